The number of halogens is 1. The summed E-state index contributed by atoms with van der Waals surface area (Å²) in [6.45, 7) is 7.53. The minimum atomic E-state index is -0.266. The Morgan fingerprint density at radius 3 is 2.51 bits per heavy atom. The number of para-hydroxylation sites is 1. The number of piperazine rings is 1. The molecule has 1 aliphatic heterocycles. The van der Waals surface area contributed by atoms with Gasteiger partial charge in [-0.25, -0.2) is 14.4 Å². The van der Waals surface area contributed by atoms with Crippen molar-refractivity contribution in [3.63, 3.8) is 0 Å². The lowest BCUT2D eigenvalue weighted by atomic mass is 10.1. The molecule has 1 aromatic carbocycles. The topological polar surface area (TPSA) is 87.4 Å². The number of hydrogen-bond donors (Lipinski definition) is 1. The van der Waals surface area contributed by atoms with E-state index in [0.29, 0.717) is 42.0 Å². The second-order valence-corrected chi connectivity index (χ2v) is 10.5. The molecule has 0 unspecified atom stereocenters. The van der Waals surface area contributed by atoms with E-state index in [-0.39, 0.29) is 23.4 Å². The normalized spacial score (nSPS) is 13.6. The molecule has 0 radical (unpaired) electrons. The van der Waals surface area contributed by atoms with Crippen LogP contribution in [-0.2, 0) is 12.3 Å². The average Bonchev–Trinajstić information content (AvgIpc) is 3.45. The maximum atomic E-state index is 14.3. The molecular formula is C29H31FN6O2S. The Bertz CT molecular complexity index is 1410. The number of carbonyl (C=O) groups is 1. The molecule has 10 heteroatoms. The van der Waals surface area contributed by atoms with Gasteiger partial charge in [-0.15, -0.1) is 0 Å². The Balaban J connectivity index is 1.21. The summed E-state index contributed by atoms with van der Waals surface area (Å²) < 4.78 is 20.1. The molecule has 4 aromatic rings. The van der Waals surface area contributed by atoms with E-state index in [0.717, 1.165) is 30.2 Å². The maximum absolute atomic E-state index is 14.3. The fraction of sp³-hybridized carbons (Fsp3) is 0.310. The molecule has 0 bridgehead atoms. The van der Waals surface area contributed by atoms with Crippen LogP contribution in [-0.4, -0.2) is 47.0 Å². The van der Waals surface area contributed by atoms with Crippen molar-refractivity contribution in [2.75, 3.05) is 36.0 Å². The van der Waals surface area contributed by atoms with Crippen LogP contribution >= 0.6 is 11.8 Å². The summed E-state index contributed by atoms with van der Waals surface area (Å²) in [6, 6.07) is 16.2. The summed E-state index contributed by atoms with van der Waals surface area (Å²) in [5, 5.41) is 3.52. The number of anilines is 2. The van der Waals surface area contributed by atoms with Crippen LogP contribution in [0.4, 0.5) is 15.9 Å². The quantitative estimate of drug-likeness (QED) is 0.224. The molecule has 8 nitrogen and oxygen atoms in total. The first-order valence-corrected chi connectivity index (χ1v) is 14.0. The third-order valence-corrected chi connectivity index (χ3v) is 7.40. The van der Waals surface area contributed by atoms with Crippen molar-refractivity contribution in [1.82, 2.24) is 20.3 Å². The molecule has 0 aliphatic carbocycles. The van der Waals surface area contributed by atoms with Gasteiger partial charge in [-0.3, -0.25) is 9.78 Å². The number of thioether (sulfide) groups is 1. The van der Waals surface area contributed by atoms with E-state index in [2.05, 4.69) is 33.9 Å². The zero-order valence-corrected chi connectivity index (χ0v) is 22.8. The Labute approximate surface area is 231 Å². The first-order valence-electron chi connectivity index (χ1n) is 13.0. The lowest BCUT2D eigenvalue weighted by Gasteiger charge is -2.37. The third kappa shape index (κ3) is 6.75. The second-order valence-electron chi connectivity index (χ2n) is 9.61. The molecule has 39 heavy (non-hydrogen) atoms. The van der Waals surface area contributed by atoms with Gasteiger partial charge >= 0.3 is 0 Å². The first kappa shape index (κ1) is 26.7. The monoisotopic (exact) mass is 546 g/mol. The minimum Gasteiger partial charge on any atom is -0.455 e. The zero-order chi connectivity index (χ0) is 27.2. The molecule has 4 heterocycles. The smallest absolute Gasteiger partial charge is 0.287 e. The number of hydrogen-bond acceptors (Lipinski definition) is 8. The van der Waals surface area contributed by atoms with Crippen LogP contribution < -0.4 is 15.1 Å². The van der Waals surface area contributed by atoms with Gasteiger partial charge in [0.25, 0.3) is 5.91 Å². The van der Waals surface area contributed by atoms with Crippen LogP contribution in [0.5, 0.6) is 0 Å². The number of nitrogens with zero attached hydrogens (tertiary/aromatic N) is 5. The molecular weight excluding hydrogens is 515 g/mol. The number of pyridine rings is 1. The van der Waals surface area contributed by atoms with Crippen molar-refractivity contribution >= 4 is 29.2 Å². The Kier molecular flexibility index (Phi) is 8.41. The highest BCUT2D eigenvalue weighted by atomic mass is 32.2. The predicted molar refractivity (Wildman–Crippen MR) is 151 cm³/mol. The van der Waals surface area contributed by atoms with Gasteiger partial charge in [0, 0.05) is 56.9 Å². The molecule has 1 fully saturated rings. The van der Waals surface area contributed by atoms with Crippen molar-refractivity contribution in [2.24, 2.45) is 0 Å². The molecule has 5 rings (SSSR count). The van der Waals surface area contributed by atoms with Crippen molar-refractivity contribution < 1.29 is 13.6 Å². The summed E-state index contributed by atoms with van der Waals surface area (Å²) in [4.78, 5) is 30.4. The molecule has 1 saturated heterocycles. The molecule has 1 N–H and O–H groups in total. The van der Waals surface area contributed by atoms with E-state index in [9.17, 15) is 9.18 Å². The highest BCUT2D eigenvalue weighted by molar-refractivity contribution is 7.98. The Morgan fingerprint density at radius 2 is 1.77 bits per heavy atom. The maximum Gasteiger partial charge on any atom is 0.287 e. The molecule has 0 saturated carbocycles. The predicted octanol–water partition coefficient (Wildman–Crippen LogP) is 5.28. The van der Waals surface area contributed by atoms with Crippen molar-refractivity contribution in [1.29, 1.82) is 0 Å². The van der Waals surface area contributed by atoms with E-state index in [1.807, 2.05) is 36.4 Å². The van der Waals surface area contributed by atoms with Gasteiger partial charge in [0.15, 0.2) is 10.9 Å². The van der Waals surface area contributed by atoms with Crippen LogP contribution in [0.15, 0.2) is 76.6 Å². The van der Waals surface area contributed by atoms with Gasteiger partial charge in [0.2, 0.25) is 0 Å². The van der Waals surface area contributed by atoms with Gasteiger partial charge in [-0.2, -0.15) is 0 Å². The van der Waals surface area contributed by atoms with E-state index >= 15 is 0 Å². The molecule has 1 aliphatic rings. The van der Waals surface area contributed by atoms with Crippen LogP contribution in [0.2, 0.25) is 0 Å². The van der Waals surface area contributed by atoms with Crippen LogP contribution in [0, 0.1) is 5.82 Å². The number of rotatable bonds is 9. The summed E-state index contributed by atoms with van der Waals surface area (Å²) in [7, 11) is 0. The van der Waals surface area contributed by atoms with Gasteiger partial charge in [0.05, 0.1) is 11.4 Å². The number of carbonyl (C=O) groups excluding carboxylic acids is 1. The minimum absolute atomic E-state index is 0.193. The largest absolute Gasteiger partial charge is 0.455 e. The average molecular weight is 547 g/mol. The van der Waals surface area contributed by atoms with Gasteiger partial charge < -0.3 is 19.5 Å². The van der Waals surface area contributed by atoms with E-state index in [4.69, 9.17) is 14.4 Å². The number of aromatic nitrogens is 3. The number of benzene rings is 1. The van der Waals surface area contributed by atoms with E-state index in [1.54, 1.807) is 24.5 Å². The fourth-order valence-corrected chi connectivity index (χ4v) is 5.08. The summed E-state index contributed by atoms with van der Waals surface area (Å²) in [5.74, 6) is 2.10. The lowest BCUT2D eigenvalue weighted by Crippen LogP contribution is -2.47. The lowest BCUT2D eigenvalue weighted by molar-refractivity contribution is 0.0921. The highest BCUT2D eigenvalue weighted by Gasteiger charge is 2.22. The van der Waals surface area contributed by atoms with Gasteiger partial charge in [0.1, 0.15) is 17.4 Å². The Morgan fingerprint density at radius 1 is 1.03 bits per heavy atom. The molecule has 1 amide bonds. The Hall–Kier alpha value is -3.92. The van der Waals surface area contributed by atoms with Crippen LogP contribution in [0.3, 0.4) is 0 Å². The van der Waals surface area contributed by atoms with E-state index in [1.165, 1.54) is 17.8 Å². The van der Waals surface area contributed by atoms with Crippen LogP contribution in [0.1, 0.15) is 47.3 Å². The molecule has 0 spiro atoms. The molecule has 3 aromatic heterocycles. The summed E-state index contributed by atoms with van der Waals surface area (Å²) in [5.41, 5.74) is 2.57. The molecule has 202 valence electrons. The zero-order valence-electron chi connectivity index (χ0n) is 22.0. The number of amides is 1. The SMILES string of the molecule is CC(C)c1cc(N2CCN(c3ccccc3F)CC2)nc(SCc2ccc(C(=O)NCc3ccncc3)o2)n1. The fourth-order valence-electron chi connectivity index (χ4n) is 4.32. The first-order chi connectivity index (χ1) is 19.0. The number of furan rings is 1. The second kappa shape index (κ2) is 12.3. The van der Waals surface area contributed by atoms with Crippen LogP contribution in [0.25, 0.3) is 0 Å². The third-order valence-electron chi connectivity index (χ3n) is 6.53. The highest BCUT2D eigenvalue weighted by Crippen LogP contribution is 2.28. The molecule has 0 atom stereocenters. The summed E-state index contributed by atoms with van der Waals surface area (Å²) >= 11 is 1.48. The van der Waals surface area contributed by atoms with Gasteiger partial charge in [-0.05, 0) is 47.9 Å². The summed E-state index contributed by atoms with van der Waals surface area (Å²) in [6.07, 6.45) is 3.38. The van der Waals surface area contributed by atoms with Gasteiger partial charge in [-0.1, -0.05) is 37.7 Å². The number of nitrogens with one attached hydrogen (secondary N) is 1. The van der Waals surface area contributed by atoms with E-state index < -0.39 is 0 Å². The van der Waals surface area contributed by atoms with Crippen molar-refractivity contribution in [3.05, 3.63) is 95.6 Å². The van der Waals surface area contributed by atoms with Crippen molar-refractivity contribution in [2.45, 2.75) is 37.2 Å². The van der Waals surface area contributed by atoms with Crippen molar-refractivity contribution in [3.8, 4) is 0 Å². The standard InChI is InChI=1S/C29H31FN6O2S/c1-20(2)24-17-27(36-15-13-35(14-16-36)25-6-4-3-5-23(25)30)34-29(33-24)39-19-22-7-8-26(38-22)28(37)32-18-21-9-11-31-12-10-21/h3-12,17,20H,13-16,18-19H2,1-2H3,(H,32,37).